The number of nitrogens with one attached hydrogen (secondary N) is 1. The largest absolute Gasteiger partial charge is 0.462 e. The van der Waals surface area contributed by atoms with E-state index in [1.807, 2.05) is 0 Å². The van der Waals surface area contributed by atoms with E-state index in [2.05, 4.69) is 99.0 Å². The number of aliphatic hydroxyl groups is 2. The maximum atomic E-state index is 13.2. The first kappa shape index (κ1) is 61.3. The molecule has 6 nitrogen and oxygen atoms in total. The Kier molecular flexibility index (Phi) is 49.1. The van der Waals surface area contributed by atoms with Crippen molar-refractivity contribution in [3.8, 4) is 0 Å². The number of ether oxygens (including phenoxy) is 1. The SMILES string of the molecule is CC/C=C/C/C=C/CCCCCCCC(CC(=O)NC(CO)C(O)CCCCCCCCCCCCCCCC)OC(=O)CCCCC/C=C\C/C=C\C/C=C\C/C=C\CCCCC. The third-order valence-electron chi connectivity index (χ3n) is 12.0. The van der Waals surface area contributed by atoms with Crippen LogP contribution in [0, 0.1) is 0 Å². The van der Waals surface area contributed by atoms with Gasteiger partial charge in [0.1, 0.15) is 6.10 Å². The molecule has 0 aromatic rings. The monoisotopic (exact) mass is 894 g/mol. The van der Waals surface area contributed by atoms with E-state index in [-0.39, 0.29) is 24.9 Å². The molecule has 3 unspecified atom stereocenters. The van der Waals surface area contributed by atoms with Crippen molar-refractivity contribution in [1.29, 1.82) is 0 Å². The third-order valence-corrected chi connectivity index (χ3v) is 12.0. The van der Waals surface area contributed by atoms with Crippen LogP contribution in [0.25, 0.3) is 0 Å². The van der Waals surface area contributed by atoms with Crippen LogP contribution in [0.5, 0.6) is 0 Å². The highest BCUT2D eigenvalue weighted by Crippen LogP contribution is 2.17. The highest BCUT2D eigenvalue weighted by Gasteiger charge is 2.24. The summed E-state index contributed by atoms with van der Waals surface area (Å²) in [6.07, 6.45) is 65.3. The predicted molar refractivity (Wildman–Crippen MR) is 278 cm³/mol. The molecule has 0 aromatic carbocycles. The van der Waals surface area contributed by atoms with Gasteiger partial charge in [-0.3, -0.25) is 9.59 Å². The number of aliphatic hydroxyl groups excluding tert-OH is 2. The van der Waals surface area contributed by atoms with Crippen LogP contribution in [-0.2, 0) is 14.3 Å². The summed E-state index contributed by atoms with van der Waals surface area (Å²) < 4.78 is 5.92. The molecule has 0 aliphatic carbocycles. The van der Waals surface area contributed by atoms with Crippen LogP contribution >= 0.6 is 0 Å². The van der Waals surface area contributed by atoms with Crippen molar-refractivity contribution in [2.24, 2.45) is 0 Å². The van der Waals surface area contributed by atoms with Gasteiger partial charge in [0.15, 0.2) is 0 Å². The molecule has 0 fully saturated rings. The molecule has 3 N–H and O–H groups in total. The van der Waals surface area contributed by atoms with Crippen LogP contribution in [0.2, 0.25) is 0 Å². The number of esters is 1. The van der Waals surface area contributed by atoms with Gasteiger partial charge in [0, 0.05) is 6.42 Å². The Balaban J connectivity index is 4.60. The Morgan fingerprint density at radius 3 is 1.31 bits per heavy atom. The second-order valence-electron chi connectivity index (χ2n) is 18.2. The minimum absolute atomic E-state index is 0.0527. The van der Waals surface area contributed by atoms with Crippen molar-refractivity contribution in [2.45, 2.75) is 277 Å². The molecule has 0 aliphatic heterocycles. The van der Waals surface area contributed by atoms with E-state index in [1.54, 1.807) is 0 Å². The lowest BCUT2D eigenvalue weighted by Gasteiger charge is -2.24. The number of hydrogen-bond donors (Lipinski definition) is 3. The molecule has 0 aromatic heterocycles. The lowest BCUT2D eigenvalue weighted by atomic mass is 10.0. The summed E-state index contributed by atoms with van der Waals surface area (Å²) in [4.78, 5) is 26.2. The quantitative estimate of drug-likeness (QED) is 0.0321. The summed E-state index contributed by atoms with van der Waals surface area (Å²) in [5.41, 5.74) is 0. The molecule has 0 spiro atoms. The summed E-state index contributed by atoms with van der Waals surface area (Å²) >= 11 is 0. The van der Waals surface area contributed by atoms with Gasteiger partial charge in [-0.1, -0.05) is 222 Å². The maximum Gasteiger partial charge on any atom is 0.306 e. The molecule has 3 atom stereocenters. The van der Waals surface area contributed by atoms with Gasteiger partial charge < -0.3 is 20.3 Å². The molecule has 0 radical (unpaired) electrons. The number of unbranched alkanes of at least 4 members (excludes halogenated alkanes) is 24. The molecular weight excluding hydrogens is 791 g/mol. The van der Waals surface area contributed by atoms with E-state index in [0.717, 1.165) is 109 Å². The molecule has 0 aliphatic rings. The minimum Gasteiger partial charge on any atom is -0.462 e. The van der Waals surface area contributed by atoms with Crippen LogP contribution < -0.4 is 5.32 Å². The Labute approximate surface area is 396 Å². The van der Waals surface area contributed by atoms with Gasteiger partial charge in [0.25, 0.3) is 0 Å². The molecule has 0 bridgehead atoms. The molecule has 0 saturated carbocycles. The number of carbonyl (C=O) groups excluding carboxylic acids is 2. The van der Waals surface area contributed by atoms with Crippen LogP contribution in [-0.4, -0.2) is 46.9 Å². The van der Waals surface area contributed by atoms with E-state index in [4.69, 9.17) is 4.74 Å². The van der Waals surface area contributed by atoms with E-state index in [9.17, 15) is 19.8 Å². The average Bonchev–Trinajstić information content (AvgIpc) is 3.29. The van der Waals surface area contributed by atoms with E-state index in [1.165, 1.54) is 103 Å². The zero-order valence-corrected chi connectivity index (χ0v) is 42.1. The van der Waals surface area contributed by atoms with Crippen LogP contribution in [0.1, 0.15) is 258 Å². The van der Waals surface area contributed by atoms with E-state index in [0.29, 0.717) is 19.3 Å². The van der Waals surface area contributed by atoms with E-state index >= 15 is 0 Å². The fourth-order valence-corrected chi connectivity index (χ4v) is 7.92. The number of rotatable bonds is 48. The van der Waals surface area contributed by atoms with Gasteiger partial charge in [-0.25, -0.2) is 0 Å². The summed E-state index contributed by atoms with van der Waals surface area (Å²) in [7, 11) is 0. The van der Waals surface area contributed by atoms with Crippen molar-refractivity contribution in [3.05, 3.63) is 72.9 Å². The number of amides is 1. The third kappa shape index (κ3) is 45.9. The topological polar surface area (TPSA) is 95.9 Å². The van der Waals surface area contributed by atoms with Crippen molar-refractivity contribution in [1.82, 2.24) is 5.32 Å². The lowest BCUT2D eigenvalue weighted by molar-refractivity contribution is -0.151. The van der Waals surface area contributed by atoms with Crippen LogP contribution in [0.4, 0.5) is 0 Å². The lowest BCUT2D eigenvalue weighted by Crippen LogP contribution is -2.46. The summed E-state index contributed by atoms with van der Waals surface area (Å²) in [5, 5.41) is 23.8. The minimum atomic E-state index is -0.800. The fourth-order valence-electron chi connectivity index (χ4n) is 7.92. The van der Waals surface area contributed by atoms with Crippen molar-refractivity contribution >= 4 is 11.9 Å². The Bertz CT molecular complexity index is 1190. The molecule has 0 saturated heterocycles. The predicted octanol–water partition coefficient (Wildman–Crippen LogP) is 16.6. The molecule has 0 rings (SSSR count). The van der Waals surface area contributed by atoms with Crippen LogP contribution in [0.3, 0.4) is 0 Å². The normalized spacial score (nSPS) is 13.8. The van der Waals surface area contributed by atoms with Gasteiger partial charge in [-0.15, -0.1) is 0 Å². The number of carbonyl (C=O) groups is 2. The molecule has 370 valence electrons. The standard InChI is InChI=1S/C58H103NO5/c1-4-7-10-13-16-19-22-25-27-28-29-30-31-33-36-39-42-45-48-51-58(63)64-54(49-46-43-40-37-34-24-21-18-15-12-9-6-3)52-57(62)59-55(53-60)56(61)50-47-44-41-38-35-32-26-23-20-17-14-11-8-5-2/h9,12,16,18-19,21,25,27,29-30,33,36,54-56,60-61H,4-8,10-11,13-15,17,20,22-24,26,28,31-32,34-35,37-53H2,1-3H3,(H,59,62)/b12-9+,19-16-,21-18+,27-25-,30-29-,36-33-. The van der Waals surface area contributed by atoms with Gasteiger partial charge in [-0.05, 0) is 96.3 Å². The Morgan fingerprint density at radius 2 is 0.844 bits per heavy atom. The second kappa shape index (κ2) is 51.3. The van der Waals surface area contributed by atoms with Gasteiger partial charge in [0.05, 0.1) is 25.2 Å². The van der Waals surface area contributed by atoms with Gasteiger partial charge in [-0.2, -0.15) is 0 Å². The molecule has 0 heterocycles. The Hall–Kier alpha value is -2.70. The van der Waals surface area contributed by atoms with E-state index < -0.39 is 18.2 Å². The Morgan fingerprint density at radius 1 is 0.469 bits per heavy atom. The average molecular weight is 894 g/mol. The first-order valence-electron chi connectivity index (χ1n) is 27.2. The second-order valence-corrected chi connectivity index (χ2v) is 18.2. The highest BCUT2D eigenvalue weighted by molar-refractivity contribution is 5.77. The molecular formula is C58H103NO5. The first-order valence-corrected chi connectivity index (χ1v) is 27.2. The molecule has 1 amide bonds. The smallest absolute Gasteiger partial charge is 0.306 e. The first-order chi connectivity index (χ1) is 31.5. The fraction of sp³-hybridized carbons (Fsp3) is 0.759. The maximum absolute atomic E-state index is 13.2. The molecule has 6 heteroatoms. The zero-order valence-electron chi connectivity index (χ0n) is 42.1. The highest BCUT2D eigenvalue weighted by atomic mass is 16.5. The number of hydrogen-bond acceptors (Lipinski definition) is 5. The van der Waals surface area contributed by atoms with Gasteiger partial charge >= 0.3 is 5.97 Å². The zero-order chi connectivity index (χ0) is 46.7. The van der Waals surface area contributed by atoms with Crippen molar-refractivity contribution in [3.63, 3.8) is 0 Å². The summed E-state index contributed by atoms with van der Waals surface area (Å²) in [5.74, 6) is -0.524. The van der Waals surface area contributed by atoms with Crippen LogP contribution in [0.15, 0.2) is 72.9 Å². The summed E-state index contributed by atoms with van der Waals surface area (Å²) in [6.45, 7) is 6.34. The number of allylic oxidation sites excluding steroid dienone is 12. The summed E-state index contributed by atoms with van der Waals surface area (Å²) in [6, 6.07) is -0.716. The molecule has 64 heavy (non-hydrogen) atoms. The van der Waals surface area contributed by atoms with Crippen molar-refractivity contribution in [2.75, 3.05) is 6.61 Å². The van der Waals surface area contributed by atoms with Gasteiger partial charge in [0.2, 0.25) is 5.91 Å². The van der Waals surface area contributed by atoms with Crippen molar-refractivity contribution < 1.29 is 24.5 Å².